The van der Waals surface area contributed by atoms with E-state index in [0.29, 0.717) is 7.92 Å². The highest BCUT2D eigenvalue weighted by molar-refractivity contribution is 7.98. The van der Waals surface area contributed by atoms with E-state index in [0.717, 1.165) is 5.66 Å². The minimum absolute atomic E-state index is 0.333. The van der Waals surface area contributed by atoms with Gasteiger partial charge in [-0.2, -0.15) is 11.8 Å². The lowest BCUT2D eigenvalue weighted by molar-refractivity contribution is 0.510. The SMILES string of the molecule is CCP(CCNCCSC)C1CCCCC1. The Kier molecular flexibility index (Phi) is 9.01. The Bertz CT molecular complexity index is 160. The number of nitrogens with one attached hydrogen (secondary N) is 1. The Morgan fingerprint density at radius 2 is 1.94 bits per heavy atom. The zero-order valence-electron chi connectivity index (χ0n) is 11.0. The van der Waals surface area contributed by atoms with Crippen LogP contribution >= 0.6 is 19.7 Å². The molecule has 1 rings (SSSR count). The molecule has 0 bridgehead atoms. The van der Waals surface area contributed by atoms with Crippen LogP contribution in [0.25, 0.3) is 0 Å². The van der Waals surface area contributed by atoms with Crippen LogP contribution in [0.1, 0.15) is 39.0 Å². The van der Waals surface area contributed by atoms with Gasteiger partial charge in [0.15, 0.2) is 0 Å². The summed E-state index contributed by atoms with van der Waals surface area (Å²) in [4.78, 5) is 0. The van der Waals surface area contributed by atoms with E-state index in [9.17, 15) is 0 Å². The zero-order chi connectivity index (χ0) is 11.6. The summed E-state index contributed by atoms with van der Waals surface area (Å²) in [5, 5.41) is 3.59. The van der Waals surface area contributed by atoms with Gasteiger partial charge in [-0.05, 0) is 43.6 Å². The predicted molar refractivity (Wildman–Crippen MR) is 80.5 cm³/mol. The molecule has 0 amide bonds. The van der Waals surface area contributed by atoms with Crippen molar-refractivity contribution in [3.63, 3.8) is 0 Å². The van der Waals surface area contributed by atoms with Gasteiger partial charge in [0, 0.05) is 12.3 Å². The summed E-state index contributed by atoms with van der Waals surface area (Å²) in [5.41, 5.74) is 1.11. The molecule has 1 aliphatic rings. The third-order valence-corrected chi connectivity index (χ3v) is 7.33. The minimum atomic E-state index is 0.333. The molecule has 3 heteroatoms. The van der Waals surface area contributed by atoms with E-state index in [2.05, 4.69) is 18.5 Å². The van der Waals surface area contributed by atoms with Gasteiger partial charge in [-0.1, -0.05) is 26.2 Å². The van der Waals surface area contributed by atoms with Gasteiger partial charge in [-0.3, -0.25) is 0 Å². The maximum absolute atomic E-state index is 3.59. The molecule has 0 heterocycles. The van der Waals surface area contributed by atoms with Gasteiger partial charge in [0.25, 0.3) is 0 Å². The van der Waals surface area contributed by atoms with Crippen LogP contribution in [0.4, 0.5) is 0 Å². The van der Waals surface area contributed by atoms with Crippen LogP contribution in [0.5, 0.6) is 0 Å². The molecular weight excluding hydrogens is 233 g/mol. The van der Waals surface area contributed by atoms with Crippen molar-refractivity contribution in [2.24, 2.45) is 0 Å². The van der Waals surface area contributed by atoms with Gasteiger partial charge in [0.2, 0.25) is 0 Å². The first-order valence-corrected chi connectivity index (χ1v) is 9.99. The highest BCUT2D eigenvalue weighted by atomic mass is 32.2. The van der Waals surface area contributed by atoms with Gasteiger partial charge < -0.3 is 5.32 Å². The summed E-state index contributed by atoms with van der Waals surface area (Å²) in [6.07, 6.45) is 12.7. The van der Waals surface area contributed by atoms with Crippen LogP contribution in [0.2, 0.25) is 0 Å². The fourth-order valence-corrected chi connectivity index (χ4v) is 5.65. The quantitative estimate of drug-likeness (QED) is 0.527. The minimum Gasteiger partial charge on any atom is -0.316 e. The Labute approximate surface area is 107 Å². The van der Waals surface area contributed by atoms with Crippen LogP contribution < -0.4 is 5.32 Å². The monoisotopic (exact) mass is 261 g/mol. The molecule has 1 saturated carbocycles. The fraction of sp³-hybridized carbons (Fsp3) is 1.00. The molecule has 16 heavy (non-hydrogen) atoms. The van der Waals surface area contributed by atoms with Crippen LogP contribution in [0.15, 0.2) is 0 Å². The summed E-state index contributed by atoms with van der Waals surface area (Å²) in [6.45, 7) is 4.86. The molecule has 1 aliphatic carbocycles. The number of rotatable bonds is 8. The second-order valence-corrected chi connectivity index (χ2v) is 8.64. The smallest absolute Gasteiger partial charge is 0.00553 e. The summed E-state index contributed by atoms with van der Waals surface area (Å²) < 4.78 is 0. The maximum atomic E-state index is 3.59. The summed E-state index contributed by atoms with van der Waals surface area (Å²) in [6, 6.07) is 0. The molecule has 0 aromatic carbocycles. The van der Waals surface area contributed by atoms with E-state index in [-0.39, 0.29) is 0 Å². The number of hydrogen-bond acceptors (Lipinski definition) is 2. The third kappa shape index (κ3) is 5.89. The molecular formula is C13H28NPS. The average molecular weight is 261 g/mol. The van der Waals surface area contributed by atoms with Gasteiger partial charge in [0.05, 0.1) is 0 Å². The standard InChI is InChI=1S/C13H28NPS/c1-3-15(11-9-14-10-12-16-2)13-7-5-4-6-8-13/h13-14H,3-12H2,1-2H3. The summed E-state index contributed by atoms with van der Waals surface area (Å²) >= 11 is 1.94. The van der Waals surface area contributed by atoms with Crippen LogP contribution in [-0.2, 0) is 0 Å². The largest absolute Gasteiger partial charge is 0.316 e. The molecule has 0 aromatic heterocycles. The molecule has 96 valence electrons. The topological polar surface area (TPSA) is 12.0 Å². The molecule has 1 unspecified atom stereocenters. The van der Waals surface area contributed by atoms with E-state index in [1.54, 1.807) is 0 Å². The lowest BCUT2D eigenvalue weighted by Gasteiger charge is -2.30. The molecule has 0 aliphatic heterocycles. The molecule has 0 saturated heterocycles. The Balaban J connectivity index is 2.10. The highest BCUT2D eigenvalue weighted by Gasteiger charge is 2.20. The van der Waals surface area contributed by atoms with Crippen LogP contribution in [0.3, 0.4) is 0 Å². The van der Waals surface area contributed by atoms with Crippen molar-refractivity contribution >= 4 is 19.7 Å². The Morgan fingerprint density at radius 1 is 1.19 bits per heavy atom. The van der Waals surface area contributed by atoms with Crippen molar-refractivity contribution in [1.29, 1.82) is 0 Å². The van der Waals surface area contributed by atoms with Gasteiger partial charge in [-0.15, -0.1) is 7.92 Å². The fourth-order valence-electron chi connectivity index (χ4n) is 2.57. The van der Waals surface area contributed by atoms with E-state index in [4.69, 9.17) is 0 Å². The van der Waals surface area contributed by atoms with E-state index >= 15 is 0 Å². The van der Waals surface area contributed by atoms with Gasteiger partial charge in [0.1, 0.15) is 0 Å². The van der Waals surface area contributed by atoms with E-state index in [1.165, 1.54) is 63.3 Å². The van der Waals surface area contributed by atoms with Gasteiger partial charge in [-0.25, -0.2) is 0 Å². The van der Waals surface area contributed by atoms with Crippen molar-refractivity contribution < 1.29 is 0 Å². The van der Waals surface area contributed by atoms with Crippen LogP contribution in [-0.4, -0.2) is 43.1 Å². The molecule has 1 nitrogen and oxygen atoms in total. The first-order valence-electron chi connectivity index (χ1n) is 6.82. The Hall–Kier alpha value is 0.740. The highest BCUT2D eigenvalue weighted by Crippen LogP contribution is 2.46. The lowest BCUT2D eigenvalue weighted by atomic mass is 10.0. The Morgan fingerprint density at radius 3 is 2.56 bits per heavy atom. The van der Waals surface area contributed by atoms with Crippen LogP contribution in [0, 0.1) is 0 Å². The average Bonchev–Trinajstić information content (AvgIpc) is 2.35. The predicted octanol–water partition coefficient (Wildman–Crippen LogP) is 3.77. The molecule has 0 aromatic rings. The van der Waals surface area contributed by atoms with Crippen molar-refractivity contribution in [2.45, 2.75) is 44.7 Å². The molecule has 1 N–H and O–H groups in total. The third-order valence-electron chi connectivity index (χ3n) is 3.56. The molecule has 0 spiro atoms. The summed E-state index contributed by atoms with van der Waals surface area (Å²) in [5.74, 6) is 1.26. The van der Waals surface area contributed by atoms with Crippen molar-refractivity contribution in [3.8, 4) is 0 Å². The van der Waals surface area contributed by atoms with Crippen molar-refractivity contribution in [1.82, 2.24) is 5.32 Å². The first-order chi connectivity index (χ1) is 7.88. The van der Waals surface area contributed by atoms with Gasteiger partial charge >= 0.3 is 0 Å². The van der Waals surface area contributed by atoms with Crippen molar-refractivity contribution in [3.05, 3.63) is 0 Å². The lowest BCUT2D eigenvalue weighted by Crippen LogP contribution is -2.23. The zero-order valence-corrected chi connectivity index (χ0v) is 12.7. The summed E-state index contributed by atoms with van der Waals surface area (Å²) in [7, 11) is 0.333. The first kappa shape index (κ1) is 14.8. The molecule has 1 atom stereocenters. The normalized spacial score (nSPS) is 19.9. The molecule has 1 fully saturated rings. The maximum Gasteiger partial charge on any atom is 0.00553 e. The number of hydrogen-bond donors (Lipinski definition) is 1. The second kappa shape index (κ2) is 9.74. The second-order valence-electron chi connectivity index (χ2n) is 4.66. The number of thioether (sulfide) groups is 1. The van der Waals surface area contributed by atoms with E-state index < -0.39 is 0 Å². The molecule has 0 radical (unpaired) electrons. The van der Waals surface area contributed by atoms with E-state index in [1.807, 2.05) is 11.8 Å². The van der Waals surface area contributed by atoms with Crippen molar-refractivity contribution in [2.75, 3.05) is 37.4 Å².